The highest BCUT2D eigenvalue weighted by Crippen LogP contribution is 2.30. The molecule has 0 unspecified atom stereocenters. The molecule has 0 aliphatic heterocycles. The molecule has 1 amide bonds. The van der Waals surface area contributed by atoms with Crippen molar-refractivity contribution < 1.29 is 4.79 Å². The second-order valence-electron chi connectivity index (χ2n) is 5.37. The maximum absolute atomic E-state index is 11.9. The minimum absolute atomic E-state index is 0.0498. The first kappa shape index (κ1) is 14.9. The quantitative estimate of drug-likeness (QED) is 0.881. The summed E-state index contributed by atoms with van der Waals surface area (Å²) in [6.45, 7) is 2.06. The third-order valence-corrected chi connectivity index (χ3v) is 3.46. The molecule has 2 rings (SSSR count). The normalized spacial score (nSPS) is 10.3. The second kappa shape index (κ2) is 5.87. The predicted molar refractivity (Wildman–Crippen MR) is 88.1 cm³/mol. The van der Waals surface area contributed by atoms with Crippen molar-refractivity contribution in [3.8, 4) is 0 Å². The molecule has 0 aliphatic rings. The van der Waals surface area contributed by atoms with Gasteiger partial charge in [0.15, 0.2) is 0 Å². The van der Waals surface area contributed by atoms with Crippen LogP contribution in [0.25, 0.3) is 0 Å². The fourth-order valence-electron chi connectivity index (χ4n) is 2.16. The molecule has 0 fully saturated rings. The Labute approximate surface area is 125 Å². The standard InChI is InChI=1S/C17H21N3O/c1-12-5-8-14(9-6-12)20(4)16-10-7-13(11-15(16)18)17(21)19(2)3/h5-11H,18H2,1-4H3. The molecule has 4 heteroatoms. The lowest BCUT2D eigenvalue weighted by atomic mass is 10.1. The topological polar surface area (TPSA) is 49.6 Å². The molecular weight excluding hydrogens is 262 g/mol. The molecule has 21 heavy (non-hydrogen) atoms. The number of benzene rings is 2. The van der Waals surface area contributed by atoms with E-state index >= 15 is 0 Å². The zero-order valence-corrected chi connectivity index (χ0v) is 12.9. The molecular formula is C17H21N3O. The SMILES string of the molecule is Cc1ccc(N(C)c2ccc(C(=O)N(C)C)cc2N)cc1. The van der Waals surface area contributed by atoms with Crippen LogP contribution in [0.15, 0.2) is 42.5 Å². The van der Waals surface area contributed by atoms with Gasteiger partial charge in [-0.1, -0.05) is 17.7 Å². The van der Waals surface area contributed by atoms with E-state index in [1.165, 1.54) is 10.5 Å². The summed E-state index contributed by atoms with van der Waals surface area (Å²) < 4.78 is 0. The molecule has 0 radical (unpaired) electrons. The Bertz CT molecular complexity index is 648. The number of anilines is 3. The molecule has 0 saturated carbocycles. The van der Waals surface area contributed by atoms with Gasteiger partial charge in [-0.25, -0.2) is 0 Å². The number of hydrogen-bond donors (Lipinski definition) is 1. The molecule has 0 heterocycles. The fraction of sp³-hybridized carbons (Fsp3) is 0.235. The minimum atomic E-state index is -0.0498. The van der Waals surface area contributed by atoms with Gasteiger partial charge in [-0.3, -0.25) is 4.79 Å². The molecule has 0 bridgehead atoms. The van der Waals surface area contributed by atoms with Crippen LogP contribution in [0.4, 0.5) is 17.1 Å². The Morgan fingerprint density at radius 1 is 1.00 bits per heavy atom. The van der Waals surface area contributed by atoms with E-state index < -0.39 is 0 Å². The van der Waals surface area contributed by atoms with Gasteiger partial charge in [0.05, 0.1) is 11.4 Å². The number of nitrogens with zero attached hydrogens (tertiary/aromatic N) is 2. The van der Waals surface area contributed by atoms with Crippen LogP contribution in [-0.2, 0) is 0 Å². The lowest BCUT2D eigenvalue weighted by Crippen LogP contribution is -2.22. The monoisotopic (exact) mass is 283 g/mol. The lowest BCUT2D eigenvalue weighted by Gasteiger charge is -2.22. The molecule has 2 N–H and O–H groups in total. The number of aryl methyl sites for hydroxylation is 1. The predicted octanol–water partition coefficient (Wildman–Crippen LogP) is 3.05. The van der Waals surface area contributed by atoms with Gasteiger partial charge >= 0.3 is 0 Å². The largest absolute Gasteiger partial charge is 0.397 e. The van der Waals surface area contributed by atoms with E-state index in [4.69, 9.17) is 5.73 Å². The van der Waals surface area contributed by atoms with Crippen molar-refractivity contribution in [2.75, 3.05) is 31.8 Å². The van der Waals surface area contributed by atoms with Crippen molar-refractivity contribution in [2.24, 2.45) is 0 Å². The molecule has 0 atom stereocenters. The van der Waals surface area contributed by atoms with Crippen LogP contribution in [0.5, 0.6) is 0 Å². The lowest BCUT2D eigenvalue weighted by molar-refractivity contribution is 0.0827. The van der Waals surface area contributed by atoms with Crippen molar-refractivity contribution in [3.05, 3.63) is 53.6 Å². The van der Waals surface area contributed by atoms with Crippen LogP contribution in [0.2, 0.25) is 0 Å². The highest BCUT2D eigenvalue weighted by atomic mass is 16.2. The molecule has 2 aromatic carbocycles. The number of nitrogen functional groups attached to an aromatic ring is 1. The first-order chi connectivity index (χ1) is 9.90. The highest BCUT2D eigenvalue weighted by molar-refractivity contribution is 5.96. The zero-order chi connectivity index (χ0) is 15.6. The number of rotatable bonds is 3. The van der Waals surface area contributed by atoms with Crippen molar-refractivity contribution in [1.82, 2.24) is 4.90 Å². The van der Waals surface area contributed by atoms with Gasteiger partial charge < -0.3 is 15.5 Å². The highest BCUT2D eigenvalue weighted by Gasteiger charge is 2.12. The first-order valence-corrected chi connectivity index (χ1v) is 6.81. The van der Waals surface area contributed by atoms with Crippen LogP contribution in [0, 0.1) is 6.92 Å². The minimum Gasteiger partial charge on any atom is -0.397 e. The molecule has 0 aliphatic carbocycles. The van der Waals surface area contributed by atoms with Crippen LogP contribution >= 0.6 is 0 Å². The summed E-state index contributed by atoms with van der Waals surface area (Å²) >= 11 is 0. The Balaban J connectivity index is 2.32. The first-order valence-electron chi connectivity index (χ1n) is 6.81. The third kappa shape index (κ3) is 3.16. The van der Waals surface area contributed by atoms with Crippen LogP contribution < -0.4 is 10.6 Å². The summed E-state index contributed by atoms with van der Waals surface area (Å²) in [7, 11) is 5.42. The maximum atomic E-state index is 11.9. The fourth-order valence-corrected chi connectivity index (χ4v) is 2.16. The van der Waals surface area contributed by atoms with E-state index in [9.17, 15) is 4.79 Å². The number of hydrogen-bond acceptors (Lipinski definition) is 3. The number of amides is 1. The molecule has 2 aromatic rings. The van der Waals surface area contributed by atoms with E-state index in [1.807, 2.05) is 30.1 Å². The van der Waals surface area contributed by atoms with Crippen molar-refractivity contribution in [1.29, 1.82) is 0 Å². The van der Waals surface area contributed by atoms with E-state index in [2.05, 4.69) is 19.1 Å². The summed E-state index contributed by atoms with van der Waals surface area (Å²) in [5, 5.41) is 0. The number of carbonyl (C=O) groups excluding carboxylic acids is 1. The molecule has 110 valence electrons. The van der Waals surface area contributed by atoms with Gasteiger partial charge in [-0.15, -0.1) is 0 Å². The Morgan fingerprint density at radius 2 is 1.62 bits per heavy atom. The summed E-state index contributed by atoms with van der Waals surface area (Å²) in [4.78, 5) is 15.5. The molecule has 0 aromatic heterocycles. The average Bonchev–Trinajstić information content (AvgIpc) is 2.46. The van der Waals surface area contributed by atoms with Crippen LogP contribution in [0.3, 0.4) is 0 Å². The molecule has 0 saturated heterocycles. The van der Waals surface area contributed by atoms with Crippen molar-refractivity contribution >= 4 is 23.0 Å². The Kier molecular flexibility index (Phi) is 4.17. The third-order valence-electron chi connectivity index (χ3n) is 3.46. The van der Waals surface area contributed by atoms with Crippen LogP contribution in [-0.4, -0.2) is 32.0 Å². The van der Waals surface area contributed by atoms with E-state index in [0.717, 1.165) is 11.4 Å². The van der Waals surface area contributed by atoms with E-state index in [-0.39, 0.29) is 5.91 Å². The summed E-state index contributed by atoms with van der Waals surface area (Å²) in [6, 6.07) is 13.6. The maximum Gasteiger partial charge on any atom is 0.253 e. The smallest absolute Gasteiger partial charge is 0.253 e. The summed E-state index contributed by atoms with van der Waals surface area (Å²) in [5.41, 5.74) is 10.5. The van der Waals surface area contributed by atoms with Crippen LogP contribution in [0.1, 0.15) is 15.9 Å². The van der Waals surface area contributed by atoms with Crippen molar-refractivity contribution in [2.45, 2.75) is 6.92 Å². The number of nitrogens with two attached hydrogens (primary N) is 1. The number of carbonyl (C=O) groups is 1. The Morgan fingerprint density at radius 3 is 2.14 bits per heavy atom. The average molecular weight is 283 g/mol. The van der Waals surface area contributed by atoms with Gasteiger partial charge in [-0.05, 0) is 37.3 Å². The Hall–Kier alpha value is -2.49. The van der Waals surface area contributed by atoms with Crippen molar-refractivity contribution in [3.63, 3.8) is 0 Å². The van der Waals surface area contributed by atoms with Gasteiger partial charge in [-0.2, -0.15) is 0 Å². The van der Waals surface area contributed by atoms with Gasteiger partial charge in [0.1, 0.15) is 0 Å². The van der Waals surface area contributed by atoms with E-state index in [0.29, 0.717) is 11.3 Å². The molecule has 4 nitrogen and oxygen atoms in total. The van der Waals surface area contributed by atoms with Gasteiger partial charge in [0, 0.05) is 32.4 Å². The molecule has 0 spiro atoms. The zero-order valence-electron chi connectivity index (χ0n) is 12.9. The van der Waals surface area contributed by atoms with Gasteiger partial charge in [0.2, 0.25) is 0 Å². The second-order valence-corrected chi connectivity index (χ2v) is 5.37. The summed E-state index contributed by atoms with van der Waals surface area (Å²) in [5.74, 6) is -0.0498. The van der Waals surface area contributed by atoms with E-state index in [1.54, 1.807) is 26.2 Å². The van der Waals surface area contributed by atoms with Gasteiger partial charge in [0.25, 0.3) is 5.91 Å². The summed E-state index contributed by atoms with van der Waals surface area (Å²) in [6.07, 6.45) is 0.